The average molecular weight is 444 g/mol. The van der Waals surface area contributed by atoms with Gasteiger partial charge >= 0.3 is 0 Å². The van der Waals surface area contributed by atoms with Gasteiger partial charge in [0.1, 0.15) is 18.2 Å². The van der Waals surface area contributed by atoms with E-state index < -0.39 is 0 Å². The third kappa shape index (κ3) is 4.59. The van der Waals surface area contributed by atoms with Crippen molar-refractivity contribution in [2.45, 2.75) is 13.5 Å². The third-order valence-corrected chi connectivity index (χ3v) is 5.53. The molecule has 4 rings (SSSR count). The monoisotopic (exact) mass is 442 g/mol. The summed E-state index contributed by atoms with van der Waals surface area (Å²) in [6, 6.07) is 21.0. The summed E-state index contributed by atoms with van der Waals surface area (Å²) in [7, 11) is 0. The van der Waals surface area contributed by atoms with Crippen molar-refractivity contribution in [3.05, 3.63) is 93.1 Å². The molecule has 0 amide bonds. The minimum Gasteiger partial charge on any atom is -0.489 e. The molecule has 0 bridgehead atoms. The quantitative estimate of drug-likeness (QED) is 0.345. The lowest BCUT2D eigenvalue weighted by molar-refractivity contribution is 0.306. The van der Waals surface area contributed by atoms with E-state index in [1.807, 2.05) is 67.6 Å². The number of aromatic amines is 1. The molecule has 0 radical (unpaired) electrons. The van der Waals surface area contributed by atoms with Gasteiger partial charge in [-0.1, -0.05) is 53.0 Å². The molecular weight excluding hydrogens is 427 g/mol. The minimum absolute atomic E-state index is 0.414. The zero-order valence-corrected chi connectivity index (χ0v) is 17.8. The van der Waals surface area contributed by atoms with Gasteiger partial charge < -0.3 is 9.72 Å². The molecule has 1 N–H and O–H groups in total. The molecule has 1 aromatic heterocycles. The number of rotatable bonds is 5. The summed E-state index contributed by atoms with van der Waals surface area (Å²) in [5.41, 5.74) is 4.90. The van der Waals surface area contributed by atoms with Gasteiger partial charge in [0.15, 0.2) is 0 Å². The lowest BCUT2D eigenvalue weighted by Gasteiger charge is -2.08. The van der Waals surface area contributed by atoms with Crippen LogP contribution in [-0.4, -0.2) is 9.97 Å². The first kappa shape index (κ1) is 19.8. The standard InChI is InChI=1S/C23H17Cl3N2O/c1-14-22(16-3-7-18(24)8-4-16)28-23(27-14)17-5-9-19(10-6-17)29-13-15-2-11-20(25)21(26)12-15/h2-12H,13H2,1H3,(H,27,28). The number of H-pyrrole nitrogens is 1. The summed E-state index contributed by atoms with van der Waals surface area (Å²) >= 11 is 18.0. The van der Waals surface area contributed by atoms with E-state index in [4.69, 9.17) is 39.5 Å². The molecule has 0 fully saturated rings. The predicted octanol–water partition coefficient (Wildman–Crippen LogP) is 7.59. The van der Waals surface area contributed by atoms with Crippen LogP contribution in [0, 0.1) is 6.92 Å². The number of nitrogens with one attached hydrogen (secondary N) is 1. The molecule has 0 aliphatic rings. The lowest BCUT2D eigenvalue weighted by atomic mass is 10.1. The normalized spacial score (nSPS) is 10.9. The maximum absolute atomic E-state index is 6.05. The molecule has 3 nitrogen and oxygen atoms in total. The SMILES string of the molecule is Cc1nc(-c2ccc(OCc3ccc(Cl)c(Cl)c3)cc2)[nH]c1-c1ccc(Cl)cc1. The largest absolute Gasteiger partial charge is 0.489 e. The number of ether oxygens (including phenoxy) is 1. The van der Waals surface area contributed by atoms with E-state index in [9.17, 15) is 0 Å². The van der Waals surface area contributed by atoms with Crippen molar-refractivity contribution in [3.63, 3.8) is 0 Å². The highest BCUT2D eigenvalue weighted by Gasteiger charge is 2.10. The van der Waals surface area contributed by atoms with Gasteiger partial charge in [0, 0.05) is 10.6 Å². The molecule has 0 spiro atoms. The Bertz CT molecular complexity index is 1140. The predicted molar refractivity (Wildman–Crippen MR) is 120 cm³/mol. The van der Waals surface area contributed by atoms with Crippen molar-refractivity contribution in [1.29, 1.82) is 0 Å². The van der Waals surface area contributed by atoms with E-state index in [0.717, 1.165) is 39.7 Å². The molecule has 4 aromatic rings. The first-order chi connectivity index (χ1) is 14.0. The number of hydrogen-bond donors (Lipinski definition) is 1. The second-order valence-electron chi connectivity index (χ2n) is 6.61. The van der Waals surface area contributed by atoms with Gasteiger partial charge in [-0.15, -0.1) is 0 Å². The van der Waals surface area contributed by atoms with E-state index in [1.54, 1.807) is 6.07 Å². The van der Waals surface area contributed by atoms with Crippen molar-refractivity contribution in [2.24, 2.45) is 0 Å². The number of halogens is 3. The van der Waals surface area contributed by atoms with Crippen LogP contribution in [0.15, 0.2) is 66.7 Å². The maximum Gasteiger partial charge on any atom is 0.138 e. The molecule has 146 valence electrons. The second-order valence-corrected chi connectivity index (χ2v) is 7.87. The topological polar surface area (TPSA) is 37.9 Å². The lowest BCUT2D eigenvalue weighted by Crippen LogP contribution is -1.95. The second kappa shape index (κ2) is 8.50. The maximum atomic E-state index is 6.05. The van der Waals surface area contributed by atoms with Gasteiger partial charge in [0.05, 0.1) is 21.4 Å². The average Bonchev–Trinajstić information content (AvgIpc) is 3.11. The van der Waals surface area contributed by atoms with E-state index in [1.165, 1.54) is 0 Å². The molecule has 0 atom stereocenters. The molecule has 0 saturated carbocycles. The van der Waals surface area contributed by atoms with Crippen LogP contribution in [-0.2, 0) is 6.61 Å². The molecule has 0 unspecified atom stereocenters. The Hall–Kier alpha value is -2.46. The Labute approximate surface area is 184 Å². The highest BCUT2D eigenvalue weighted by atomic mass is 35.5. The first-order valence-corrected chi connectivity index (χ1v) is 10.1. The molecule has 1 heterocycles. The van der Waals surface area contributed by atoms with Crippen LogP contribution < -0.4 is 4.74 Å². The molecule has 29 heavy (non-hydrogen) atoms. The van der Waals surface area contributed by atoms with Crippen molar-refractivity contribution >= 4 is 34.8 Å². The third-order valence-electron chi connectivity index (χ3n) is 4.53. The first-order valence-electron chi connectivity index (χ1n) is 8.99. The molecule has 0 aliphatic heterocycles. The summed E-state index contributed by atoms with van der Waals surface area (Å²) in [6.07, 6.45) is 0. The van der Waals surface area contributed by atoms with E-state index in [2.05, 4.69) is 9.97 Å². The van der Waals surface area contributed by atoms with Crippen LogP contribution in [0.2, 0.25) is 15.1 Å². The molecular formula is C23H17Cl3N2O. The minimum atomic E-state index is 0.414. The van der Waals surface area contributed by atoms with Gasteiger partial charge in [-0.25, -0.2) is 4.98 Å². The Morgan fingerprint density at radius 2 is 1.52 bits per heavy atom. The van der Waals surface area contributed by atoms with Crippen LogP contribution in [0.4, 0.5) is 0 Å². The molecule has 6 heteroatoms. The highest BCUT2D eigenvalue weighted by molar-refractivity contribution is 6.42. The summed E-state index contributed by atoms with van der Waals surface area (Å²) in [5.74, 6) is 1.57. The summed E-state index contributed by atoms with van der Waals surface area (Å²) in [4.78, 5) is 8.06. The smallest absolute Gasteiger partial charge is 0.138 e. The van der Waals surface area contributed by atoms with Crippen LogP contribution >= 0.6 is 34.8 Å². The van der Waals surface area contributed by atoms with Crippen molar-refractivity contribution in [3.8, 4) is 28.4 Å². The van der Waals surface area contributed by atoms with Crippen LogP contribution in [0.5, 0.6) is 5.75 Å². The summed E-state index contributed by atoms with van der Waals surface area (Å²) in [6.45, 7) is 2.40. The molecule has 3 aromatic carbocycles. The fourth-order valence-corrected chi connectivity index (χ4v) is 3.45. The fourth-order valence-electron chi connectivity index (χ4n) is 3.00. The number of imidazole rings is 1. The van der Waals surface area contributed by atoms with Gasteiger partial charge in [-0.3, -0.25) is 0 Å². The highest BCUT2D eigenvalue weighted by Crippen LogP contribution is 2.28. The fraction of sp³-hybridized carbons (Fsp3) is 0.0870. The Balaban J connectivity index is 1.48. The number of aromatic nitrogens is 2. The molecule has 0 aliphatic carbocycles. The Kier molecular flexibility index (Phi) is 5.81. The van der Waals surface area contributed by atoms with E-state index in [0.29, 0.717) is 21.7 Å². The Morgan fingerprint density at radius 3 is 2.21 bits per heavy atom. The zero-order chi connectivity index (χ0) is 20.4. The van der Waals surface area contributed by atoms with Gasteiger partial charge in [0.25, 0.3) is 0 Å². The van der Waals surface area contributed by atoms with Gasteiger partial charge in [0.2, 0.25) is 0 Å². The van der Waals surface area contributed by atoms with E-state index in [-0.39, 0.29) is 0 Å². The molecule has 0 saturated heterocycles. The van der Waals surface area contributed by atoms with Crippen LogP contribution in [0.1, 0.15) is 11.3 Å². The van der Waals surface area contributed by atoms with Crippen LogP contribution in [0.25, 0.3) is 22.6 Å². The number of nitrogens with zero attached hydrogens (tertiary/aromatic N) is 1. The van der Waals surface area contributed by atoms with Gasteiger partial charge in [-0.05, 0) is 66.6 Å². The number of benzene rings is 3. The number of hydrogen-bond acceptors (Lipinski definition) is 2. The van der Waals surface area contributed by atoms with Gasteiger partial charge in [-0.2, -0.15) is 0 Å². The van der Waals surface area contributed by atoms with Crippen molar-refractivity contribution in [1.82, 2.24) is 9.97 Å². The summed E-state index contributed by atoms with van der Waals surface area (Å²) in [5, 5.41) is 1.77. The summed E-state index contributed by atoms with van der Waals surface area (Å²) < 4.78 is 5.84. The van der Waals surface area contributed by atoms with Crippen molar-refractivity contribution in [2.75, 3.05) is 0 Å². The van der Waals surface area contributed by atoms with E-state index >= 15 is 0 Å². The van der Waals surface area contributed by atoms with Crippen molar-refractivity contribution < 1.29 is 4.74 Å². The zero-order valence-electron chi connectivity index (χ0n) is 15.5. The van der Waals surface area contributed by atoms with Crippen LogP contribution in [0.3, 0.4) is 0 Å². The number of aryl methyl sites for hydroxylation is 1. The Morgan fingerprint density at radius 1 is 0.828 bits per heavy atom.